The Balaban J connectivity index is 2.11. The molecule has 0 radical (unpaired) electrons. The van der Waals surface area contributed by atoms with Gasteiger partial charge in [-0.2, -0.15) is 0 Å². The van der Waals surface area contributed by atoms with E-state index >= 15 is 0 Å². The largest absolute Gasteiger partial charge is 0.370 e. The Kier molecular flexibility index (Phi) is 4.04. The van der Waals surface area contributed by atoms with E-state index in [4.69, 9.17) is 0 Å². The van der Waals surface area contributed by atoms with Crippen molar-refractivity contribution in [3.8, 4) is 0 Å². The number of amides is 1. The van der Waals surface area contributed by atoms with E-state index in [1.165, 1.54) is 0 Å². The van der Waals surface area contributed by atoms with Gasteiger partial charge >= 0.3 is 0 Å². The SMILES string of the molecule is CCNc1cccc(CN2CCNC(=O)C2(C)C)n1. The number of pyridine rings is 1. The Morgan fingerprint density at radius 3 is 3.00 bits per heavy atom. The second kappa shape index (κ2) is 5.57. The van der Waals surface area contributed by atoms with Gasteiger partial charge in [-0.1, -0.05) is 6.07 Å². The summed E-state index contributed by atoms with van der Waals surface area (Å²) in [6.45, 7) is 9.06. The number of nitrogens with one attached hydrogen (secondary N) is 2. The van der Waals surface area contributed by atoms with Gasteiger partial charge in [-0.15, -0.1) is 0 Å². The van der Waals surface area contributed by atoms with E-state index in [2.05, 4.69) is 20.5 Å². The van der Waals surface area contributed by atoms with Gasteiger partial charge < -0.3 is 10.6 Å². The van der Waals surface area contributed by atoms with E-state index in [0.29, 0.717) is 13.1 Å². The monoisotopic (exact) mass is 262 g/mol. The third-order valence-electron chi connectivity index (χ3n) is 3.53. The molecule has 5 nitrogen and oxygen atoms in total. The summed E-state index contributed by atoms with van der Waals surface area (Å²) in [7, 11) is 0. The van der Waals surface area contributed by atoms with Crippen molar-refractivity contribution in [3.63, 3.8) is 0 Å². The van der Waals surface area contributed by atoms with Gasteiger partial charge in [0.15, 0.2) is 0 Å². The van der Waals surface area contributed by atoms with Crippen LogP contribution in [0.1, 0.15) is 26.5 Å². The van der Waals surface area contributed by atoms with Crippen LogP contribution in [0.5, 0.6) is 0 Å². The third kappa shape index (κ3) is 3.04. The summed E-state index contributed by atoms with van der Waals surface area (Å²) in [5.74, 6) is 0.973. The van der Waals surface area contributed by atoms with Crippen LogP contribution in [0.2, 0.25) is 0 Å². The van der Waals surface area contributed by atoms with E-state index in [0.717, 1.165) is 24.6 Å². The number of piperazine rings is 1. The van der Waals surface area contributed by atoms with Crippen molar-refractivity contribution in [2.24, 2.45) is 0 Å². The highest BCUT2D eigenvalue weighted by Crippen LogP contribution is 2.20. The molecule has 1 fully saturated rings. The highest BCUT2D eigenvalue weighted by atomic mass is 16.2. The molecule has 0 aromatic carbocycles. The smallest absolute Gasteiger partial charge is 0.240 e. The maximum atomic E-state index is 11.9. The number of aromatic nitrogens is 1. The summed E-state index contributed by atoms with van der Waals surface area (Å²) < 4.78 is 0. The number of anilines is 1. The minimum Gasteiger partial charge on any atom is -0.370 e. The second-order valence-corrected chi connectivity index (χ2v) is 5.28. The number of rotatable bonds is 4. The highest BCUT2D eigenvalue weighted by molar-refractivity contribution is 5.86. The predicted octanol–water partition coefficient (Wildman–Crippen LogP) is 1.22. The van der Waals surface area contributed by atoms with Gasteiger partial charge in [-0.25, -0.2) is 4.98 Å². The van der Waals surface area contributed by atoms with Gasteiger partial charge in [-0.05, 0) is 32.9 Å². The molecule has 2 heterocycles. The predicted molar refractivity (Wildman–Crippen MR) is 75.9 cm³/mol. The summed E-state index contributed by atoms with van der Waals surface area (Å²) in [6.07, 6.45) is 0. The Morgan fingerprint density at radius 2 is 2.26 bits per heavy atom. The number of hydrogen-bond donors (Lipinski definition) is 2. The Bertz CT molecular complexity index is 459. The molecule has 2 N–H and O–H groups in total. The van der Waals surface area contributed by atoms with Crippen LogP contribution in [0.3, 0.4) is 0 Å². The first-order valence-electron chi connectivity index (χ1n) is 6.77. The number of nitrogens with zero attached hydrogens (tertiary/aromatic N) is 2. The Labute approximate surface area is 114 Å². The summed E-state index contributed by atoms with van der Waals surface area (Å²) in [6, 6.07) is 5.96. The molecule has 1 aromatic rings. The molecule has 1 aromatic heterocycles. The topological polar surface area (TPSA) is 57.3 Å². The summed E-state index contributed by atoms with van der Waals surface area (Å²) >= 11 is 0. The third-order valence-corrected chi connectivity index (χ3v) is 3.53. The van der Waals surface area contributed by atoms with Crippen molar-refractivity contribution in [1.29, 1.82) is 0 Å². The van der Waals surface area contributed by atoms with Gasteiger partial charge in [0.2, 0.25) is 5.91 Å². The zero-order valence-electron chi connectivity index (χ0n) is 11.9. The average molecular weight is 262 g/mol. The minimum absolute atomic E-state index is 0.0848. The van der Waals surface area contributed by atoms with Gasteiger partial charge in [0.25, 0.3) is 0 Å². The Morgan fingerprint density at radius 1 is 1.47 bits per heavy atom. The molecule has 5 heteroatoms. The summed E-state index contributed by atoms with van der Waals surface area (Å²) in [5, 5.41) is 6.11. The highest BCUT2D eigenvalue weighted by Gasteiger charge is 2.37. The molecule has 1 amide bonds. The lowest BCUT2D eigenvalue weighted by Crippen LogP contribution is -2.61. The zero-order valence-corrected chi connectivity index (χ0v) is 11.9. The molecular weight excluding hydrogens is 240 g/mol. The molecule has 0 spiro atoms. The summed E-state index contributed by atoms with van der Waals surface area (Å²) in [4.78, 5) is 18.6. The molecule has 0 atom stereocenters. The fourth-order valence-electron chi connectivity index (χ4n) is 2.26. The number of carbonyl (C=O) groups is 1. The van der Waals surface area contributed by atoms with E-state index in [1.807, 2.05) is 39.0 Å². The first-order chi connectivity index (χ1) is 9.04. The van der Waals surface area contributed by atoms with Crippen LogP contribution >= 0.6 is 0 Å². The fourth-order valence-corrected chi connectivity index (χ4v) is 2.26. The fraction of sp³-hybridized carbons (Fsp3) is 0.571. The molecule has 1 aliphatic heterocycles. The standard InChI is InChI=1S/C14H22N4O/c1-4-15-12-7-5-6-11(17-12)10-18-9-8-16-13(19)14(18,2)3/h5-7H,4,8-10H2,1-3H3,(H,15,17)(H,16,19). The van der Waals surface area contributed by atoms with Crippen LogP contribution in [0, 0.1) is 0 Å². The molecule has 0 bridgehead atoms. The van der Waals surface area contributed by atoms with Crippen molar-refractivity contribution in [2.45, 2.75) is 32.9 Å². The van der Waals surface area contributed by atoms with Crippen LogP contribution in [0.4, 0.5) is 5.82 Å². The molecule has 0 unspecified atom stereocenters. The molecule has 0 saturated carbocycles. The van der Waals surface area contributed by atoms with Crippen LogP contribution < -0.4 is 10.6 Å². The molecule has 19 heavy (non-hydrogen) atoms. The van der Waals surface area contributed by atoms with E-state index in [-0.39, 0.29) is 5.91 Å². The van der Waals surface area contributed by atoms with Crippen molar-refractivity contribution in [3.05, 3.63) is 23.9 Å². The van der Waals surface area contributed by atoms with Gasteiger partial charge in [-0.3, -0.25) is 9.69 Å². The lowest BCUT2D eigenvalue weighted by atomic mass is 9.98. The van der Waals surface area contributed by atoms with Crippen LogP contribution in [0.15, 0.2) is 18.2 Å². The maximum absolute atomic E-state index is 11.9. The first-order valence-corrected chi connectivity index (χ1v) is 6.77. The zero-order chi connectivity index (χ0) is 13.9. The number of carbonyl (C=O) groups excluding carboxylic acids is 1. The second-order valence-electron chi connectivity index (χ2n) is 5.28. The molecule has 1 aliphatic rings. The Hall–Kier alpha value is -1.62. The van der Waals surface area contributed by atoms with Crippen molar-refractivity contribution in [2.75, 3.05) is 25.0 Å². The van der Waals surface area contributed by atoms with Gasteiger partial charge in [0.1, 0.15) is 5.82 Å². The van der Waals surface area contributed by atoms with Gasteiger partial charge in [0, 0.05) is 26.2 Å². The molecule has 1 saturated heterocycles. The van der Waals surface area contributed by atoms with E-state index < -0.39 is 5.54 Å². The lowest BCUT2D eigenvalue weighted by molar-refractivity contribution is -0.135. The average Bonchev–Trinajstić information content (AvgIpc) is 2.36. The number of hydrogen-bond acceptors (Lipinski definition) is 4. The first kappa shape index (κ1) is 13.8. The molecule has 104 valence electrons. The van der Waals surface area contributed by atoms with Crippen LogP contribution in [-0.2, 0) is 11.3 Å². The molecular formula is C14H22N4O. The normalized spacial score (nSPS) is 19.0. The molecule has 0 aliphatic carbocycles. The van der Waals surface area contributed by atoms with E-state index in [9.17, 15) is 4.79 Å². The lowest BCUT2D eigenvalue weighted by Gasteiger charge is -2.40. The van der Waals surface area contributed by atoms with Crippen LogP contribution in [0.25, 0.3) is 0 Å². The van der Waals surface area contributed by atoms with Crippen molar-refractivity contribution >= 4 is 11.7 Å². The minimum atomic E-state index is -0.478. The van der Waals surface area contributed by atoms with Crippen molar-refractivity contribution in [1.82, 2.24) is 15.2 Å². The molecule has 2 rings (SSSR count). The van der Waals surface area contributed by atoms with E-state index in [1.54, 1.807) is 0 Å². The van der Waals surface area contributed by atoms with Gasteiger partial charge in [0.05, 0.1) is 11.2 Å². The van der Waals surface area contributed by atoms with Crippen molar-refractivity contribution < 1.29 is 4.79 Å². The maximum Gasteiger partial charge on any atom is 0.240 e. The quantitative estimate of drug-likeness (QED) is 0.857. The summed E-state index contributed by atoms with van der Waals surface area (Å²) in [5.41, 5.74) is 0.509. The van der Waals surface area contributed by atoms with Crippen LogP contribution in [-0.4, -0.2) is 41.0 Å².